The molecule has 0 saturated carbocycles. The van der Waals surface area contributed by atoms with E-state index in [1.807, 2.05) is 0 Å². The molecule has 0 aliphatic rings. The normalized spacial score (nSPS) is 13.5. The third kappa shape index (κ3) is 9.92. The third-order valence-electron chi connectivity index (χ3n) is 5.83. The Morgan fingerprint density at radius 2 is 1.64 bits per heavy atom. The number of nitrogens with zero attached hydrogens (tertiary/aromatic N) is 2. The van der Waals surface area contributed by atoms with E-state index < -0.39 is 52.2 Å². The van der Waals surface area contributed by atoms with Gasteiger partial charge < -0.3 is 38.3 Å². The maximum Gasteiger partial charge on any atom is 0.310 e. The van der Waals surface area contributed by atoms with Gasteiger partial charge >= 0.3 is 5.69 Å². The van der Waals surface area contributed by atoms with Crippen LogP contribution in [0, 0.1) is 10.1 Å². The van der Waals surface area contributed by atoms with Crippen LogP contribution >= 0.6 is 0 Å². The van der Waals surface area contributed by atoms with Crippen LogP contribution in [0.4, 0.5) is 5.69 Å². The van der Waals surface area contributed by atoms with Crippen LogP contribution in [0.2, 0.25) is 0 Å². The maximum absolute atomic E-state index is 13.3. The Labute approximate surface area is 225 Å². The number of rotatable bonds is 14. The zero-order chi connectivity index (χ0) is 28.9. The number of nitro groups is 1. The van der Waals surface area contributed by atoms with Gasteiger partial charge in [0.15, 0.2) is 11.7 Å². The van der Waals surface area contributed by atoms with Gasteiger partial charge in [-0.15, -0.1) is 0 Å². The Balaban J connectivity index is 2.20. The van der Waals surface area contributed by atoms with Gasteiger partial charge in [-0.25, -0.2) is 0 Å². The predicted octanol–water partition coefficient (Wildman–Crippen LogP) is -0.818. The summed E-state index contributed by atoms with van der Waals surface area (Å²) in [6.07, 6.45) is 0.663. The highest BCUT2D eigenvalue weighted by Gasteiger charge is 2.28. The lowest BCUT2D eigenvalue weighted by Crippen LogP contribution is -2.56. The first kappa shape index (κ1) is 30.5. The highest BCUT2D eigenvalue weighted by molar-refractivity contribution is 5.93. The van der Waals surface area contributed by atoms with E-state index >= 15 is 0 Å². The molecule has 14 nitrogen and oxygen atoms in total. The van der Waals surface area contributed by atoms with Gasteiger partial charge in [0.25, 0.3) is 0 Å². The highest BCUT2D eigenvalue weighted by Crippen LogP contribution is 2.26. The molecule has 0 fully saturated rings. The van der Waals surface area contributed by atoms with Gasteiger partial charge in [0.05, 0.1) is 11.0 Å². The second kappa shape index (κ2) is 14.9. The molecular formula is C25H34N8O6. The van der Waals surface area contributed by atoms with Crippen LogP contribution in [-0.4, -0.2) is 65.4 Å². The summed E-state index contributed by atoms with van der Waals surface area (Å²) in [6, 6.07) is 9.17. The number of phenolic OH excluding ortho intramolecular Hbond substituents is 1. The Morgan fingerprint density at radius 3 is 2.26 bits per heavy atom. The summed E-state index contributed by atoms with van der Waals surface area (Å²) in [4.78, 5) is 52.5. The van der Waals surface area contributed by atoms with E-state index in [0.717, 1.165) is 17.7 Å². The number of amides is 3. The van der Waals surface area contributed by atoms with E-state index in [-0.39, 0.29) is 30.8 Å². The van der Waals surface area contributed by atoms with Crippen molar-refractivity contribution >= 4 is 29.4 Å². The van der Waals surface area contributed by atoms with Gasteiger partial charge in [-0.2, -0.15) is 0 Å². The standard InChI is InChI=1S/C25H34N8O6/c1-29-25(28)30-11-5-8-17(26)23(36)32-19(13-16-9-10-21(34)20(14-16)33(38)39)24(37)31-18(22(27)35)12-15-6-3-2-4-7-15/h2-4,6-7,9-10,14,17-19,34H,5,8,11-13,26H2,1H3,(H2,27,35)(H,31,37)(H,32,36)(H3,28,29,30)/t17-,18-,19-/m0/s1. The van der Waals surface area contributed by atoms with E-state index in [0.29, 0.717) is 13.0 Å². The van der Waals surface area contributed by atoms with Crippen LogP contribution in [0.1, 0.15) is 24.0 Å². The van der Waals surface area contributed by atoms with Gasteiger partial charge in [0.2, 0.25) is 17.7 Å². The molecule has 3 amide bonds. The fourth-order valence-electron chi connectivity index (χ4n) is 3.66. The van der Waals surface area contributed by atoms with Gasteiger partial charge in [-0.1, -0.05) is 36.4 Å². The molecule has 0 aromatic heterocycles. The number of benzene rings is 2. The van der Waals surface area contributed by atoms with Gasteiger partial charge in [0.1, 0.15) is 12.1 Å². The fraction of sp³-hybridized carbons (Fsp3) is 0.360. The van der Waals surface area contributed by atoms with Crippen LogP contribution in [0.25, 0.3) is 0 Å². The van der Waals surface area contributed by atoms with E-state index in [9.17, 15) is 29.6 Å². The third-order valence-corrected chi connectivity index (χ3v) is 5.83. The Kier molecular flexibility index (Phi) is 11.6. The molecule has 14 heteroatoms. The molecule has 0 unspecified atom stereocenters. The van der Waals surface area contributed by atoms with Crippen LogP contribution in [0.3, 0.4) is 0 Å². The number of hydrogen-bond donors (Lipinski definition) is 7. The molecule has 0 radical (unpaired) electrons. The molecule has 3 atom stereocenters. The van der Waals surface area contributed by atoms with Crippen molar-refractivity contribution in [2.24, 2.45) is 22.2 Å². The molecule has 0 heterocycles. The number of nitro benzene ring substituents is 1. The lowest BCUT2D eigenvalue weighted by atomic mass is 10.0. The summed E-state index contributed by atoms with van der Waals surface area (Å²) >= 11 is 0. The number of aromatic hydroxyl groups is 1. The number of nitrogens with two attached hydrogens (primary N) is 3. The summed E-state index contributed by atoms with van der Waals surface area (Å²) < 4.78 is 0. The molecule has 210 valence electrons. The minimum atomic E-state index is -1.26. The number of guanidine groups is 1. The molecule has 0 spiro atoms. The summed E-state index contributed by atoms with van der Waals surface area (Å²) in [7, 11) is 1.53. The van der Waals surface area contributed by atoms with Crippen LogP contribution in [0.5, 0.6) is 5.75 Å². The quantitative estimate of drug-likeness (QED) is 0.0518. The molecule has 0 saturated heterocycles. The number of carbonyl (C=O) groups excluding carboxylic acids is 3. The zero-order valence-electron chi connectivity index (χ0n) is 21.5. The second-order valence-corrected chi connectivity index (χ2v) is 8.78. The van der Waals surface area contributed by atoms with Gasteiger partial charge in [0, 0.05) is 32.5 Å². The lowest BCUT2D eigenvalue weighted by molar-refractivity contribution is -0.385. The average molecular weight is 543 g/mol. The number of carbonyl (C=O) groups is 3. The minimum Gasteiger partial charge on any atom is -0.502 e. The van der Waals surface area contributed by atoms with Crippen LogP contribution in [-0.2, 0) is 27.2 Å². The van der Waals surface area contributed by atoms with Gasteiger partial charge in [-0.3, -0.25) is 29.5 Å². The highest BCUT2D eigenvalue weighted by atomic mass is 16.6. The number of hydrogen-bond acceptors (Lipinski definition) is 8. The number of primary amides is 1. The molecule has 0 aliphatic carbocycles. The topological polar surface area (TPSA) is 241 Å². The van der Waals surface area contributed by atoms with Crippen molar-refractivity contribution in [2.75, 3.05) is 13.6 Å². The zero-order valence-corrected chi connectivity index (χ0v) is 21.5. The minimum absolute atomic E-state index is 0.115. The molecular weight excluding hydrogens is 508 g/mol. The predicted molar refractivity (Wildman–Crippen MR) is 144 cm³/mol. The van der Waals surface area contributed by atoms with Crippen molar-refractivity contribution in [3.8, 4) is 5.75 Å². The summed E-state index contributed by atoms with van der Waals surface area (Å²) in [5.41, 5.74) is 17.6. The van der Waals surface area contributed by atoms with E-state index in [2.05, 4.69) is 20.9 Å². The molecule has 0 bridgehead atoms. The SMILES string of the molecule is CN=C(N)NCCC[C@H](N)C(=O)N[C@@H](Cc1ccc(O)c([N+](=O)[O-])c1)C(=O)N[C@@H](Cc1ccccc1)C(N)=O. The fourth-order valence-corrected chi connectivity index (χ4v) is 3.66. The molecule has 2 aromatic rings. The Hall–Kier alpha value is -4.72. The molecule has 39 heavy (non-hydrogen) atoms. The van der Waals surface area contributed by atoms with Crippen molar-refractivity contribution in [3.05, 3.63) is 69.8 Å². The van der Waals surface area contributed by atoms with E-state index in [4.69, 9.17) is 17.2 Å². The second-order valence-electron chi connectivity index (χ2n) is 8.78. The van der Waals surface area contributed by atoms with E-state index in [1.54, 1.807) is 30.3 Å². The molecule has 10 N–H and O–H groups in total. The van der Waals surface area contributed by atoms with Crippen LogP contribution in [0.15, 0.2) is 53.5 Å². The van der Waals surface area contributed by atoms with Crippen molar-refractivity contribution < 1.29 is 24.4 Å². The number of aliphatic imine (C=N–C) groups is 1. The van der Waals surface area contributed by atoms with Crippen LogP contribution < -0.4 is 33.2 Å². The maximum atomic E-state index is 13.3. The summed E-state index contributed by atoms with van der Waals surface area (Å²) in [5, 5.41) is 29.0. The van der Waals surface area contributed by atoms with Crippen molar-refractivity contribution in [3.63, 3.8) is 0 Å². The van der Waals surface area contributed by atoms with E-state index in [1.165, 1.54) is 13.1 Å². The molecule has 2 aromatic carbocycles. The first-order chi connectivity index (χ1) is 18.5. The molecule has 2 rings (SSSR count). The number of phenols is 1. The van der Waals surface area contributed by atoms with Gasteiger partial charge in [-0.05, 0) is 30.0 Å². The average Bonchev–Trinajstić information content (AvgIpc) is 2.91. The summed E-state index contributed by atoms with van der Waals surface area (Å²) in [5.74, 6) is -2.46. The summed E-state index contributed by atoms with van der Waals surface area (Å²) in [6.45, 7) is 0.422. The lowest BCUT2D eigenvalue weighted by Gasteiger charge is -2.23. The van der Waals surface area contributed by atoms with Crippen molar-refractivity contribution in [2.45, 2.75) is 43.8 Å². The monoisotopic (exact) mass is 542 g/mol. The smallest absolute Gasteiger partial charge is 0.310 e. The largest absolute Gasteiger partial charge is 0.502 e. The van der Waals surface area contributed by atoms with Crippen molar-refractivity contribution in [1.29, 1.82) is 0 Å². The first-order valence-electron chi connectivity index (χ1n) is 12.1. The number of nitrogens with one attached hydrogen (secondary N) is 3. The Morgan fingerprint density at radius 1 is 1.00 bits per heavy atom. The Bertz CT molecular complexity index is 1190. The van der Waals surface area contributed by atoms with Crippen molar-refractivity contribution in [1.82, 2.24) is 16.0 Å². The first-order valence-corrected chi connectivity index (χ1v) is 12.1. The molecule has 0 aliphatic heterocycles.